The fourth-order valence-corrected chi connectivity index (χ4v) is 4.92. The van der Waals surface area contributed by atoms with Crippen LogP contribution in [-0.4, -0.2) is 37.0 Å². The second-order valence-electron chi connectivity index (χ2n) is 7.59. The number of sulfone groups is 1. The van der Waals surface area contributed by atoms with E-state index < -0.39 is 27.3 Å². The van der Waals surface area contributed by atoms with Gasteiger partial charge < -0.3 is 15.6 Å². The highest BCUT2D eigenvalue weighted by Crippen LogP contribution is 2.39. The average Bonchev–Trinajstić information content (AvgIpc) is 2.90. The number of nitrogens with one attached hydrogen (secondary N) is 3. The zero-order chi connectivity index (χ0) is 20.8. The van der Waals surface area contributed by atoms with Gasteiger partial charge in [-0.15, -0.1) is 0 Å². The van der Waals surface area contributed by atoms with E-state index >= 15 is 0 Å². The first kappa shape index (κ1) is 19.4. The summed E-state index contributed by atoms with van der Waals surface area (Å²) in [5, 5.41) is 6.93. The molecular weight excluding hydrogens is 394 g/mol. The first-order valence-corrected chi connectivity index (χ1v) is 11.1. The normalized spacial score (nSPS) is 20.4. The quantitative estimate of drug-likeness (QED) is 0.702. The largest absolute Gasteiger partial charge is 0.345 e. The van der Waals surface area contributed by atoms with Crippen LogP contribution >= 0.6 is 0 Å². The Kier molecular flexibility index (Phi) is 4.77. The van der Waals surface area contributed by atoms with Gasteiger partial charge in [-0.1, -0.05) is 6.42 Å². The minimum Gasteiger partial charge on any atom is -0.345 e. The van der Waals surface area contributed by atoms with Crippen LogP contribution < -0.4 is 16.2 Å². The van der Waals surface area contributed by atoms with Gasteiger partial charge in [-0.2, -0.15) is 0 Å². The monoisotopic (exact) mass is 415 g/mol. The lowest BCUT2D eigenvalue weighted by atomic mass is 9.79. The molecule has 0 radical (unpaired) electrons. The Morgan fingerprint density at radius 2 is 1.93 bits per heavy atom. The molecule has 4 rings (SSSR count). The number of fused-ring (bicyclic) bond motifs is 1. The first-order chi connectivity index (χ1) is 13.7. The molecule has 1 saturated carbocycles. The van der Waals surface area contributed by atoms with E-state index in [1.807, 2.05) is 12.1 Å². The molecule has 1 aromatic carbocycles. The highest BCUT2D eigenvalue weighted by Gasteiger charge is 2.25. The third-order valence-corrected chi connectivity index (χ3v) is 6.76. The van der Waals surface area contributed by atoms with Crippen molar-refractivity contribution in [3.05, 3.63) is 51.2 Å². The van der Waals surface area contributed by atoms with Gasteiger partial charge in [-0.05, 0) is 48.6 Å². The van der Waals surface area contributed by atoms with Crippen LogP contribution in [0.5, 0.6) is 0 Å². The predicted octanol–water partition coefficient (Wildman–Crippen LogP) is 1.79. The molecule has 0 bridgehead atoms. The van der Waals surface area contributed by atoms with E-state index in [2.05, 4.69) is 15.6 Å². The minimum absolute atomic E-state index is 0.141. The summed E-state index contributed by atoms with van der Waals surface area (Å²) in [6, 6.07) is 4.53. The van der Waals surface area contributed by atoms with Gasteiger partial charge in [-0.3, -0.25) is 14.4 Å². The van der Waals surface area contributed by atoms with E-state index in [0.29, 0.717) is 22.5 Å². The molecule has 0 saturated heterocycles. The van der Waals surface area contributed by atoms with Crippen LogP contribution in [0.3, 0.4) is 0 Å². The molecule has 1 aliphatic carbocycles. The molecule has 1 atom stereocenters. The Bertz CT molecular complexity index is 1210. The highest BCUT2D eigenvalue weighted by atomic mass is 32.2. The molecule has 2 amide bonds. The molecule has 1 aromatic heterocycles. The molecule has 1 aliphatic heterocycles. The van der Waals surface area contributed by atoms with Gasteiger partial charge in [-0.25, -0.2) is 8.42 Å². The number of anilines is 1. The van der Waals surface area contributed by atoms with E-state index in [1.54, 1.807) is 0 Å². The lowest BCUT2D eigenvalue weighted by molar-refractivity contribution is -0.114. The van der Waals surface area contributed by atoms with Gasteiger partial charge >= 0.3 is 0 Å². The number of amides is 2. The van der Waals surface area contributed by atoms with Crippen molar-refractivity contribution in [3.8, 4) is 0 Å². The fourth-order valence-electron chi connectivity index (χ4n) is 3.68. The van der Waals surface area contributed by atoms with Crippen molar-refractivity contribution >= 4 is 38.2 Å². The Morgan fingerprint density at radius 3 is 2.52 bits per heavy atom. The van der Waals surface area contributed by atoms with Gasteiger partial charge in [0.05, 0.1) is 23.0 Å². The van der Waals surface area contributed by atoms with Crippen molar-refractivity contribution in [1.82, 2.24) is 10.3 Å². The smallest absolute Gasteiger partial charge is 0.261 e. The Hall–Kier alpha value is -2.94. The Labute approximate surface area is 167 Å². The Morgan fingerprint density at radius 1 is 1.17 bits per heavy atom. The summed E-state index contributed by atoms with van der Waals surface area (Å²) in [4.78, 5) is 39.5. The van der Waals surface area contributed by atoms with Crippen LogP contribution in [-0.2, 0) is 14.6 Å². The zero-order valence-electron chi connectivity index (χ0n) is 15.8. The van der Waals surface area contributed by atoms with E-state index in [9.17, 15) is 22.8 Å². The van der Waals surface area contributed by atoms with Crippen LogP contribution in [0, 0.1) is 0 Å². The number of hydrogen-bond donors (Lipinski definition) is 3. The molecule has 2 aliphatic rings. The number of carbonyl (C=O) groups excluding carboxylic acids is 2. The number of pyridine rings is 1. The third-order valence-electron chi connectivity index (χ3n) is 5.36. The van der Waals surface area contributed by atoms with Crippen molar-refractivity contribution in [3.63, 3.8) is 0 Å². The molecule has 152 valence electrons. The zero-order valence-corrected chi connectivity index (χ0v) is 16.6. The van der Waals surface area contributed by atoms with Gasteiger partial charge in [0.25, 0.3) is 11.5 Å². The highest BCUT2D eigenvalue weighted by molar-refractivity contribution is 7.94. The molecule has 0 unspecified atom stereocenters. The Balaban J connectivity index is 1.73. The average molecular weight is 415 g/mol. The fraction of sp³-hybridized carbons (Fsp3) is 0.350. The van der Waals surface area contributed by atoms with Gasteiger partial charge in [0.2, 0.25) is 5.91 Å². The van der Waals surface area contributed by atoms with Crippen molar-refractivity contribution in [1.29, 1.82) is 0 Å². The molecule has 0 spiro atoms. The van der Waals surface area contributed by atoms with Crippen LogP contribution in [0.2, 0.25) is 0 Å². The topological polar surface area (TPSA) is 125 Å². The second kappa shape index (κ2) is 7.14. The summed E-state index contributed by atoms with van der Waals surface area (Å²) in [5.41, 5.74) is 1.41. The first-order valence-electron chi connectivity index (χ1n) is 9.42. The van der Waals surface area contributed by atoms with Crippen LogP contribution in [0.25, 0.3) is 10.9 Å². The molecular formula is C20H21N3O5S. The molecule has 29 heavy (non-hydrogen) atoms. The summed E-state index contributed by atoms with van der Waals surface area (Å²) < 4.78 is 23.0. The summed E-state index contributed by atoms with van der Waals surface area (Å²) in [5.74, 6) is -0.756. The molecule has 2 heterocycles. The summed E-state index contributed by atoms with van der Waals surface area (Å²) in [6.45, 7) is 1.40. The summed E-state index contributed by atoms with van der Waals surface area (Å²) in [6.07, 6.45) is 4.66. The van der Waals surface area contributed by atoms with E-state index in [1.165, 1.54) is 19.1 Å². The van der Waals surface area contributed by atoms with Crippen LogP contribution in [0.4, 0.5) is 5.69 Å². The minimum atomic E-state index is -3.33. The molecule has 8 nitrogen and oxygen atoms in total. The van der Waals surface area contributed by atoms with E-state index in [4.69, 9.17) is 0 Å². The SMILES string of the molecule is CC(=O)Nc1cc(C2CCC2)cc2[nH]c(=O)c(C(=O)N[C@@H]3C=CS(=O)(=O)C3)cc12. The summed E-state index contributed by atoms with van der Waals surface area (Å²) in [7, 11) is -3.33. The molecule has 9 heteroatoms. The predicted molar refractivity (Wildman–Crippen MR) is 110 cm³/mol. The van der Waals surface area contributed by atoms with Crippen LogP contribution in [0.1, 0.15) is 48.0 Å². The van der Waals surface area contributed by atoms with Crippen molar-refractivity contribution in [2.24, 2.45) is 0 Å². The third kappa shape index (κ3) is 3.95. The number of carbonyl (C=O) groups is 2. The van der Waals surface area contributed by atoms with E-state index in [-0.39, 0.29) is 17.2 Å². The lowest BCUT2D eigenvalue weighted by Gasteiger charge is -2.26. The van der Waals surface area contributed by atoms with Crippen molar-refractivity contribution in [2.75, 3.05) is 11.1 Å². The molecule has 1 fully saturated rings. The molecule has 3 N–H and O–H groups in total. The van der Waals surface area contributed by atoms with Crippen molar-refractivity contribution < 1.29 is 18.0 Å². The number of H-pyrrole nitrogens is 1. The van der Waals surface area contributed by atoms with Gasteiger partial charge in [0.1, 0.15) is 5.56 Å². The number of benzene rings is 1. The van der Waals surface area contributed by atoms with Gasteiger partial charge in [0.15, 0.2) is 9.84 Å². The number of aromatic nitrogens is 1. The van der Waals surface area contributed by atoms with Gasteiger partial charge in [0, 0.05) is 17.7 Å². The number of hydrogen-bond acceptors (Lipinski definition) is 5. The van der Waals surface area contributed by atoms with Crippen LogP contribution in [0.15, 0.2) is 34.5 Å². The maximum Gasteiger partial charge on any atom is 0.261 e. The van der Waals surface area contributed by atoms with Crippen molar-refractivity contribution in [2.45, 2.75) is 38.1 Å². The maximum absolute atomic E-state index is 12.6. The molecule has 2 aromatic rings. The number of rotatable bonds is 4. The number of aromatic amines is 1. The summed E-state index contributed by atoms with van der Waals surface area (Å²) >= 11 is 0. The lowest BCUT2D eigenvalue weighted by Crippen LogP contribution is -2.38. The maximum atomic E-state index is 12.6. The second-order valence-corrected chi connectivity index (χ2v) is 9.52. The standard InChI is InChI=1S/C20H21N3O5S/c1-11(24)21-17-7-13(12-3-2-4-12)8-18-15(17)9-16(20(26)23-18)19(25)22-14-5-6-29(27,28)10-14/h5-9,12,14H,2-4,10H2,1H3,(H,21,24)(H,22,25)(H,23,26)/t14-/m1/s1. The van der Waals surface area contributed by atoms with E-state index in [0.717, 1.165) is 30.2 Å².